The molecule has 0 bridgehead atoms. The Morgan fingerprint density at radius 1 is 0.923 bits per heavy atom. The maximum atomic E-state index is 12.2. The lowest BCUT2D eigenvalue weighted by atomic mass is 10.1. The number of hydrogen-bond acceptors (Lipinski definition) is 8. The van der Waals surface area contributed by atoms with E-state index in [2.05, 4.69) is 4.90 Å². The van der Waals surface area contributed by atoms with Gasteiger partial charge < -0.3 is 18.8 Å². The van der Waals surface area contributed by atoms with Crippen molar-refractivity contribution in [2.75, 3.05) is 32.0 Å². The van der Waals surface area contributed by atoms with E-state index in [1.54, 1.807) is 18.2 Å². The lowest BCUT2D eigenvalue weighted by Crippen LogP contribution is -2.33. The zero-order valence-corrected chi connectivity index (χ0v) is 24.1. The van der Waals surface area contributed by atoms with Crippen LogP contribution in [0.1, 0.15) is 26.2 Å². The van der Waals surface area contributed by atoms with Gasteiger partial charge in [0.15, 0.2) is 11.5 Å². The Morgan fingerprint density at radius 3 is 2.36 bits per heavy atom. The summed E-state index contributed by atoms with van der Waals surface area (Å²) in [6.45, 7) is 5.27. The van der Waals surface area contributed by atoms with E-state index in [4.69, 9.17) is 13.7 Å². The first-order valence-corrected chi connectivity index (χ1v) is 15.2. The van der Waals surface area contributed by atoms with Crippen LogP contribution in [0.4, 0.5) is 0 Å². The number of ether oxygens (including phenoxy) is 2. The Hall–Kier alpha value is -2.98. The third-order valence-electron chi connectivity index (χ3n) is 6.50. The van der Waals surface area contributed by atoms with Crippen LogP contribution in [0.25, 0.3) is 20.5 Å². The molecular formula is C29H32ClNO6S2. The molecule has 39 heavy (non-hydrogen) atoms. The summed E-state index contributed by atoms with van der Waals surface area (Å²) in [7, 11) is -3.84. The van der Waals surface area contributed by atoms with Crippen molar-refractivity contribution in [1.29, 1.82) is 0 Å². The molecule has 2 heterocycles. The first kappa shape index (κ1) is 29.0. The molecule has 0 saturated carbocycles. The number of rotatable bonds is 10. The third-order valence-corrected chi connectivity index (χ3v) is 8.79. The van der Waals surface area contributed by atoms with Crippen LogP contribution in [0.3, 0.4) is 0 Å². The Labute approximate surface area is 239 Å². The van der Waals surface area contributed by atoms with E-state index in [9.17, 15) is 13.5 Å². The highest BCUT2D eigenvalue weighted by Crippen LogP contribution is 2.45. The molecule has 3 aromatic carbocycles. The normalized spacial score (nSPS) is 14.1. The van der Waals surface area contributed by atoms with Gasteiger partial charge in [-0.2, -0.15) is 8.42 Å². The number of nitrogens with zero attached hydrogens (tertiary/aromatic N) is 1. The molecule has 1 N–H and O–H groups in total. The monoisotopic (exact) mass is 589 g/mol. The Bertz CT molecular complexity index is 1470. The number of thiophene rings is 1. The molecule has 0 unspecified atom stereocenters. The van der Waals surface area contributed by atoms with Crippen molar-refractivity contribution >= 4 is 43.9 Å². The average molecular weight is 590 g/mol. The van der Waals surface area contributed by atoms with E-state index in [1.165, 1.54) is 43.6 Å². The van der Waals surface area contributed by atoms with Crippen molar-refractivity contribution in [1.82, 2.24) is 4.90 Å². The average Bonchev–Trinajstić information content (AvgIpc) is 3.35. The molecule has 0 radical (unpaired) electrons. The number of likely N-dealkylation sites (tertiary alicyclic amines) is 1. The highest BCUT2D eigenvalue weighted by molar-refractivity contribution is 7.87. The number of fused-ring (bicyclic) bond motifs is 1. The molecule has 4 aromatic rings. The second-order valence-corrected chi connectivity index (χ2v) is 12.2. The summed E-state index contributed by atoms with van der Waals surface area (Å²) in [6, 6.07) is 20.0. The van der Waals surface area contributed by atoms with Gasteiger partial charge in [0.1, 0.15) is 23.9 Å². The first-order chi connectivity index (χ1) is 18.4. The molecule has 1 saturated heterocycles. The molecule has 0 aliphatic carbocycles. The topological polar surface area (TPSA) is 85.3 Å². The van der Waals surface area contributed by atoms with Crippen LogP contribution in [0.5, 0.6) is 28.7 Å². The van der Waals surface area contributed by atoms with E-state index in [0.29, 0.717) is 17.9 Å². The Balaban J connectivity index is 0.00000353. The predicted molar refractivity (Wildman–Crippen MR) is 159 cm³/mol. The molecule has 1 fully saturated rings. The van der Waals surface area contributed by atoms with Crippen LogP contribution in [0.15, 0.2) is 66.7 Å². The molecule has 0 atom stereocenters. The number of phenols is 1. The van der Waals surface area contributed by atoms with Gasteiger partial charge in [-0.05, 0) is 80.7 Å². The minimum atomic E-state index is -3.84. The minimum absolute atomic E-state index is 0. The van der Waals surface area contributed by atoms with Crippen LogP contribution in [0, 0.1) is 0 Å². The third kappa shape index (κ3) is 7.36. The van der Waals surface area contributed by atoms with E-state index in [0.717, 1.165) is 40.3 Å². The van der Waals surface area contributed by atoms with E-state index < -0.39 is 10.1 Å². The van der Waals surface area contributed by atoms with Crippen molar-refractivity contribution in [3.05, 3.63) is 66.7 Å². The highest BCUT2D eigenvalue weighted by Gasteiger charge is 2.20. The van der Waals surface area contributed by atoms with Crippen molar-refractivity contribution in [2.45, 2.75) is 26.2 Å². The van der Waals surface area contributed by atoms with Crippen molar-refractivity contribution in [3.8, 4) is 39.2 Å². The summed E-state index contributed by atoms with van der Waals surface area (Å²) in [4.78, 5) is 3.25. The van der Waals surface area contributed by atoms with Gasteiger partial charge in [-0.3, -0.25) is 4.90 Å². The molecule has 1 aliphatic rings. The minimum Gasteiger partial charge on any atom is -0.507 e. The SMILES string of the molecule is CCS(=O)(=O)Oc1cc(O)c(-c2cc3ccccc3s2)cc1Oc1ccc(OCCN2CCCCC2)cc1.Cl. The number of piperidine rings is 1. The van der Waals surface area contributed by atoms with Crippen LogP contribution >= 0.6 is 23.7 Å². The van der Waals surface area contributed by atoms with Gasteiger partial charge >= 0.3 is 10.1 Å². The van der Waals surface area contributed by atoms with Gasteiger partial charge in [0, 0.05) is 27.8 Å². The zero-order chi connectivity index (χ0) is 26.5. The number of benzene rings is 3. The van der Waals surface area contributed by atoms with Crippen molar-refractivity contribution in [2.24, 2.45) is 0 Å². The standard InChI is InChI=1S/C29H31NO6S2.ClH/c1-2-38(32,33)36-27-20-25(31)24(29-18-21-8-4-5-9-28(21)37-29)19-26(27)35-23-12-10-22(11-13-23)34-17-16-30-14-6-3-7-15-30;/h4-5,8-13,18-20,31H,2-3,6-7,14-17H2,1H3;1H. The molecule has 5 rings (SSSR count). The smallest absolute Gasteiger partial charge is 0.309 e. The highest BCUT2D eigenvalue weighted by atomic mass is 35.5. The molecule has 1 aromatic heterocycles. The quantitative estimate of drug-likeness (QED) is 0.198. The van der Waals surface area contributed by atoms with Gasteiger partial charge in [-0.1, -0.05) is 24.6 Å². The lowest BCUT2D eigenvalue weighted by Gasteiger charge is -2.26. The Morgan fingerprint density at radius 2 is 1.64 bits per heavy atom. The first-order valence-electron chi connectivity index (χ1n) is 12.8. The predicted octanol–water partition coefficient (Wildman–Crippen LogP) is 7.08. The second-order valence-electron chi connectivity index (χ2n) is 9.22. The van der Waals surface area contributed by atoms with E-state index in [1.807, 2.05) is 42.5 Å². The summed E-state index contributed by atoms with van der Waals surface area (Å²) in [6.07, 6.45) is 3.81. The van der Waals surface area contributed by atoms with Crippen LogP contribution < -0.4 is 13.7 Å². The Kier molecular flexibility index (Phi) is 9.61. The van der Waals surface area contributed by atoms with Crippen molar-refractivity contribution < 1.29 is 27.2 Å². The van der Waals surface area contributed by atoms with Gasteiger partial charge in [-0.25, -0.2) is 0 Å². The molecule has 0 amide bonds. The van der Waals surface area contributed by atoms with Crippen molar-refractivity contribution in [3.63, 3.8) is 0 Å². The summed E-state index contributed by atoms with van der Waals surface area (Å²) in [5, 5.41) is 11.9. The fraction of sp³-hybridized carbons (Fsp3) is 0.310. The molecular weight excluding hydrogens is 558 g/mol. The molecule has 0 spiro atoms. The van der Waals surface area contributed by atoms with E-state index in [-0.39, 0.29) is 35.4 Å². The second kappa shape index (κ2) is 12.9. The fourth-order valence-electron chi connectivity index (χ4n) is 4.41. The van der Waals surface area contributed by atoms with Crippen LogP contribution in [0.2, 0.25) is 0 Å². The number of hydrogen-bond donors (Lipinski definition) is 1. The molecule has 208 valence electrons. The number of aromatic hydroxyl groups is 1. The summed E-state index contributed by atoms with van der Waals surface area (Å²) >= 11 is 1.53. The van der Waals surface area contributed by atoms with E-state index >= 15 is 0 Å². The maximum Gasteiger partial charge on any atom is 0.309 e. The number of phenolic OH excluding ortho intramolecular Hbond substituents is 1. The molecule has 10 heteroatoms. The zero-order valence-electron chi connectivity index (χ0n) is 21.7. The molecule has 7 nitrogen and oxygen atoms in total. The maximum absolute atomic E-state index is 12.2. The number of halogens is 1. The van der Waals surface area contributed by atoms with Gasteiger partial charge in [0.2, 0.25) is 0 Å². The largest absolute Gasteiger partial charge is 0.507 e. The lowest BCUT2D eigenvalue weighted by molar-refractivity contribution is 0.183. The van der Waals surface area contributed by atoms with Crippen LogP contribution in [-0.2, 0) is 10.1 Å². The fourth-order valence-corrected chi connectivity index (χ4v) is 6.02. The molecule has 1 aliphatic heterocycles. The summed E-state index contributed by atoms with van der Waals surface area (Å²) in [5.74, 6) is 1.02. The summed E-state index contributed by atoms with van der Waals surface area (Å²) < 4.78 is 42.8. The van der Waals surface area contributed by atoms with Gasteiger partial charge in [-0.15, -0.1) is 23.7 Å². The van der Waals surface area contributed by atoms with Crippen LogP contribution in [-0.4, -0.2) is 50.4 Å². The van der Waals surface area contributed by atoms with Gasteiger partial charge in [0.05, 0.1) is 5.75 Å². The van der Waals surface area contributed by atoms with Gasteiger partial charge in [0.25, 0.3) is 0 Å². The summed E-state index contributed by atoms with van der Waals surface area (Å²) in [5.41, 5.74) is 0.528.